The van der Waals surface area contributed by atoms with E-state index in [-0.39, 0.29) is 5.75 Å². The third-order valence-corrected chi connectivity index (χ3v) is 6.84. The number of nitrogens with one attached hydrogen (secondary N) is 1. The van der Waals surface area contributed by atoms with Crippen molar-refractivity contribution in [1.82, 2.24) is 9.80 Å². The largest absolute Gasteiger partial charge is 0.508 e. The lowest BCUT2D eigenvalue weighted by Crippen LogP contribution is -2.43. The van der Waals surface area contributed by atoms with Crippen LogP contribution in [-0.2, 0) is 6.54 Å². The highest BCUT2D eigenvalue weighted by molar-refractivity contribution is 7.17. The number of hydrogen-bond acceptors (Lipinski definition) is 6. The minimum atomic E-state index is 0.221. The lowest BCUT2D eigenvalue weighted by Gasteiger charge is -2.32. The SMILES string of the molecule is C=C(Nc1cccc(O)c1)c1sc(-c2cccc(CN3CCN(C)CC3)c2)cc1N=CC. The Morgan fingerprint density at radius 1 is 1.12 bits per heavy atom. The van der Waals surface area contributed by atoms with Crippen LogP contribution in [0.3, 0.4) is 0 Å². The molecule has 0 unspecified atom stereocenters. The molecule has 166 valence electrons. The van der Waals surface area contributed by atoms with Gasteiger partial charge in [-0.3, -0.25) is 9.89 Å². The summed E-state index contributed by atoms with van der Waals surface area (Å²) in [5.41, 5.74) is 4.99. The molecule has 0 atom stereocenters. The first-order valence-electron chi connectivity index (χ1n) is 10.9. The number of anilines is 1. The highest BCUT2D eigenvalue weighted by Gasteiger charge is 2.16. The van der Waals surface area contributed by atoms with Crippen molar-refractivity contribution in [2.75, 3.05) is 38.5 Å². The molecule has 0 amide bonds. The molecule has 0 saturated carbocycles. The average molecular weight is 447 g/mol. The number of likely N-dealkylation sites (N-methyl/N-ethyl adjacent to an activating group) is 1. The Hall–Kier alpha value is -2.93. The molecule has 0 radical (unpaired) electrons. The highest BCUT2D eigenvalue weighted by Crippen LogP contribution is 2.40. The Kier molecular flexibility index (Phi) is 7.05. The molecule has 1 aromatic heterocycles. The summed E-state index contributed by atoms with van der Waals surface area (Å²) < 4.78 is 0. The molecule has 4 rings (SSSR count). The summed E-state index contributed by atoms with van der Waals surface area (Å²) >= 11 is 1.68. The quantitative estimate of drug-likeness (QED) is 0.459. The maximum Gasteiger partial charge on any atom is 0.117 e. The summed E-state index contributed by atoms with van der Waals surface area (Å²) in [4.78, 5) is 11.6. The summed E-state index contributed by atoms with van der Waals surface area (Å²) in [6.45, 7) is 11.6. The summed E-state index contributed by atoms with van der Waals surface area (Å²) in [7, 11) is 2.19. The second-order valence-corrected chi connectivity index (χ2v) is 9.20. The fraction of sp³-hybridized carbons (Fsp3) is 0.269. The van der Waals surface area contributed by atoms with Crippen molar-refractivity contribution >= 4 is 34.6 Å². The Balaban J connectivity index is 1.56. The third-order valence-electron chi connectivity index (χ3n) is 5.61. The molecule has 3 aromatic rings. The van der Waals surface area contributed by atoms with Crippen LogP contribution in [0.4, 0.5) is 11.4 Å². The van der Waals surface area contributed by atoms with E-state index in [9.17, 15) is 5.11 Å². The molecule has 2 heterocycles. The van der Waals surface area contributed by atoms with Crippen LogP contribution in [0.5, 0.6) is 5.75 Å². The van der Waals surface area contributed by atoms with E-state index in [4.69, 9.17) is 0 Å². The number of aliphatic imine (C=N–C) groups is 1. The van der Waals surface area contributed by atoms with Crippen molar-refractivity contribution in [2.24, 2.45) is 4.99 Å². The number of phenolic OH excluding ortho intramolecular Hbond substituents is 1. The molecule has 6 heteroatoms. The first kappa shape index (κ1) is 22.3. The van der Waals surface area contributed by atoms with Gasteiger partial charge in [-0.05, 0) is 49.4 Å². The standard InChI is InChI=1S/C26H30N4OS/c1-4-27-24-17-25(32-26(24)19(2)28-22-9-6-10-23(31)16-22)21-8-5-7-20(15-21)18-30-13-11-29(3)12-14-30/h4-10,15-17,28,31H,2,11-14,18H2,1,3H3. The van der Waals surface area contributed by atoms with Gasteiger partial charge in [0.25, 0.3) is 0 Å². The van der Waals surface area contributed by atoms with Gasteiger partial charge in [-0.2, -0.15) is 0 Å². The second-order valence-electron chi connectivity index (χ2n) is 8.15. The molecule has 1 aliphatic rings. The van der Waals surface area contributed by atoms with Crippen LogP contribution in [0.2, 0.25) is 0 Å². The van der Waals surface area contributed by atoms with E-state index >= 15 is 0 Å². The minimum absolute atomic E-state index is 0.221. The van der Waals surface area contributed by atoms with Crippen molar-refractivity contribution < 1.29 is 5.11 Å². The van der Waals surface area contributed by atoms with Crippen LogP contribution in [0.1, 0.15) is 17.4 Å². The Labute approximate surface area is 194 Å². The lowest BCUT2D eigenvalue weighted by atomic mass is 10.1. The van der Waals surface area contributed by atoms with Crippen LogP contribution < -0.4 is 5.32 Å². The second kappa shape index (κ2) is 10.1. The number of aromatic hydroxyl groups is 1. The fourth-order valence-electron chi connectivity index (χ4n) is 3.88. The van der Waals surface area contributed by atoms with E-state index in [1.807, 2.05) is 19.1 Å². The number of hydrogen-bond donors (Lipinski definition) is 2. The number of phenols is 1. The van der Waals surface area contributed by atoms with E-state index in [0.29, 0.717) is 0 Å². The molecule has 0 bridgehead atoms. The maximum absolute atomic E-state index is 9.75. The summed E-state index contributed by atoms with van der Waals surface area (Å²) in [5, 5.41) is 13.1. The maximum atomic E-state index is 9.75. The van der Waals surface area contributed by atoms with Crippen LogP contribution in [0.15, 0.2) is 66.2 Å². The molecular formula is C26H30N4OS. The van der Waals surface area contributed by atoms with Gasteiger partial charge in [0.1, 0.15) is 5.75 Å². The van der Waals surface area contributed by atoms with Gasteiger partial charge in [0.15, 0.2) is 0 Å². The van der Waals surface area contributed by atoms with Gasteiger partial charge in [-0.1, -0.05) is 30.8 Å². The van der Waals surface area contributed by atoms with Crippen LogP contribution in [0.25, 0.3) is 16.1 Å². The molecule has 1 aliphatic heterocycles. The van der Waals surface area contributed by atoms with Crippen molar-refractivity contribution in [3.8, 4) is 16.2 Å². The van der Waals surface area contributed by atoms with Gasteiger partial charge in [-0.25, -0.2) is 0 Å². The Morgan fingerprint density at radius 3 is 2.66 bits per heavy atom. The number of piperazine rings is 1. The zero-order chi connectivity index (χ0) is 22.5. The van der Waals surface area contributed by atoms with E-state index in [2.05, 4.69) is 64.1 Å². The molecule has 1 saturated heterocycles. The summed E-state index contributed by atoms with van der Waals surface area (Å²) in [5.74, 6) is 0.221. The first-order chi connectivity index (χ1) is 15.5. The van der Waals surface area contributed by atoms with E-state index in [0.717, 1.165) is 54.7 Å². The molecular weight excluding hydrogens is 416 g/mol. The zero-order valence-electron chi connectivity index (χ0n) is 18.7. The topological polar surface area (TPSA) is 51.1 Å². The van der Waals surface area contributed by atoms with Gasteiger partial charge in [0, 0.05) is 55.6 Å². The molecule has 2 N–H and O–H groups in total. The predicted octanol–water partition coefficient (Wildman–Crippen LogP) is 5.67. The monoisotopic (exact) mass is 446 g/mol. The van der Waals surface area contributed by atoms with Gasteiger partial charge in [0.05, 0.1) is 16.3 Å². The number of rotatable bonds is 7. The molecule has 5 nitrogen and oxygen atoms in total. The zero-order valence-corrected chi connectivity index (χ0v) is 19.5. The van der Waals surface area contributed by atoms with Crippen molar-refractivity contribution in [2.45, 2.75) is 13.5 Å². The molecule has 0 spiro atoms. The fourth-order valence-corrected chi connectivity index (χ4v) is 4.90. The Morgan fingerprint density at radius 2 is 1.91 bits per heavy atom. The Bertz CT molecular complexity index is 1110. The van der Waals surface area contributed by atoms with Crippen LogP contribution >= 0.6 is 11.3 Å². The smallest absolute Gasteiger partial charge is 0.117 e. The van der Waals surface area contributed by atoms with Crippen molar-refractivity contribution in [3.05, 3.63) is 71.6 Å². The summed E-state index contributed by atoms with van der Waals surface area (Å²) in [6.07, 6.45) is 1.81. The average Bonchev–Trinajstić information content (AvgIpc) is 3.20. The molecule has 0 aliphatic carbocycles. The first-order valence-corrected chi connectivity index (χ1v) is 11.7. The van der Waals surface area contributed by atoms with E-state index in [1.54, 1.807) is 29.7 Å². The summed E-state index contributed by atoms with van der Waals surface area (Å²) in [6, 6.07) is 18.0. The van der Waals surface area contributed by atoms with Crippen LogP contribution in [0, 0.1) is 0 Å². The van der Waals surface area contributed by atoms with Crippen molar-refractivity contribution in [3.63, 3.8) is 0 Å². The van der Waals surface area contributed by atoms with E-state index < -0.39 is 0 Å². The van der Waals surface area contributed by atoms with Gasteiger partial charge in [-0.15, -0.1) is 11.3 Å². The molecule has 2 aromatic carbocycles. The van der Waals surface area contributed by atoms with E-state index in [1.165, 1.54) is 16.0 Å². The normalized spacial score (nSPS) is 15.3. The molecule has 32 heavy (non-hydrogen) atoms. The number of thiophene rings is 1. The number of benzene rings is 2. The minimum Gasteiger partial charge on any atom is -0.508 e. The van der Waals surface area contributed by atoms with Gasteiger partial charge < -0.3 is 15.3 Å². The van der Waals surface area contributed by atoms with Crippen LogP contribution in [-0.4, -0.2) is 54.3 Å². The number of nitrogens with zero attached hydrogens (tertiary/aromatic N) is 3. The third kappa shape index (κ3) is 5.46. The highest BCUT2D eigenvalue weighted by atomic mass is 32.1. The van der Waals surface area contributed by atoms with Gasteiger partial charge in [0.2, 0.25) is 0 Å². The molecule has 1 fully saturated rings. The predicted molar refractivity (Wildman–Crippen MR) is 137 cm³/mol. The lowest BCUT2D eigenvalue weighted by molar-refractivity contribution is 0.148. The van der Waals surface area contributed by atoms with Crippen molar-refractivity contribution in [1.29, 1.82) is 0 Å². The van der Waals surface area contributed by atoms with Gasteiger partial charge >= 0.3 is 0 Å².